The molecule has 0 fully saturated rings. The summed E-state index contributed by atoms with van der Waals surface area (Å²) in [4.78, 5) is 0. The van der Waals surface area contributed by atoms with Gasteiger partial charge in [0.25, 0.3) is 0 Å². The number of halogens is 2. The van der Waals surface area contributed by atoms with E-state index >= 15 is 0 Å². The Balaban J connectivity index is 2.28. The summed E-state index contributed by atoms with van der Waals surface area (Å²) in [6, 6.07) is 13.4. The van der Waals surface area contributed by atoms with Gasteiger partial charge in [0.05, 0.1) is 10.6 Å². The van der Waals surface area contributed by atoms with Gasteiger partial charge >= 0.3 is 0 Å². The second-order valence-corrected chi connectivity index (χ2v) is 6.36. The zero-order valence-electron chi connectivity index (χ0n) is 11.4. The molecule has 0 aliphatic rings. The molecule has 0 radical (unpaired) electrons. The van der Waals surface area contributed by atoms with Gasteiger partial charge in [0.15, 0.2) is 0 Å². The maximum atomic E-state index is 10.2. The third kappa shape index (κ3) is 3.75. The van der Waals surface area contributed by atoms with E-state index in [1.54, 1.807) is 26.0 Å². The predicted molar refractivity (Wildman–Crippen MR) is 85.2 cm³/mol. The van der Waals surface area contributed by atoms with Crippen molar-refractivity contribution in [3.63, 3.8) is 0 Å². The lowest BCUT2D eigenvalue weighted by Crippen LogP contribution is -2.17. The van der Waals surface area contributed by atoms with E-state index in [9.17, 15) is 5.11 Å². The van der Waals surface area contributed by atoms with Gasteiger partial charge in [0.1, 0.15) is 12.4 Å². The molecule has 0 saturated carbocycles. The minimum atomic E-state index is -1.02. The molecule has 0 spiro atoms. The molecule has 0 amide bonds. The lowest BCUT2D eigenvalue weighted by molar-refractivity contribution is 0.0743. The topological polar surface area (TPSA) is 29.5 Å². The summed E-state index contributed by atoms with van der Waals surface area (Å²) >= 11 is 9.48. The van der Waals surface area contributed by atoms with E-state index in [1.165, 1.54) is 0 Å². The summed E-state index contributed by atoms with van der Waals surface area (Å²) in [5.41, 5.74) is 0.720. The molecule has 0 bridgehead atoms. The van der Waals surface area contributed by atoms with Crippen molar-refractivity contribution in [2.45, 2.75) is 26.1 Å². The van der Waals surface area contributed by atoms with Gasteiger partial charge < -0.3 is 9.84 Å². The van der Waals surface area contributed by atoms with Crippen LogP contribution in [0, 0.1) is 0 Å². The highest BCUT2D eigenvalue weighted by molar-refractivity contribution is 9.10. The van der Waals surface area contributed by atoms with Gasteiger partial charge in [0.2, 0.25) is 0 Å². The van der Waals surface area contributed by atoms with Crippen LogP contribution in [0.5, 0.6) is 5.75 Å². The highest BCUT2D eigenvalue weighted by Crippen LogP contribution is 2.37. The van der Waals surface area contributed by atoms with Crippen LogP contribution >= 0.6 is 27.5 Å². The first kappa shape index (κ1) is 15.4. The smallest absolute Gasteiger partial charge is 0.127 e. The average molecular weight is 356 g/mol. The Labute approximate surface area is 132 Å². The number of rotatable bonds is 4. The van der Waals surface area contributed by atoms with Crippen LogP contribution < -0.4 is 4.74 Å². The average Bonchev–Trinajstić information content (AvgIpc) is 2.39. The standard InChI is InChI=1S/C16H16BrClO2/c1-16(2,19)12-8-14(18)13(17)9-15(12)20-10-11-6-4-3-5-7-11/h3-9,19H,10H2,1-2H3. The molecule has 0 heterocycles. The largest absolute Gasteiger partial charge is 0.488 e. The van der Waals surface area contributed by atoms with Crippen LogP contribution in [0.3, 0.4) is 0 Å². The number of benzene rings is 2. The normalized spacial score (nSPS) is 11.4. The fourth-order valence-electron chi connectivity index (χ4n) is 1.86. The molecule has 0 saturated heterocycles. The Hall–Kier alpha value is -1.03. The van der Waals surface area contributed by atoms with Crippen molar-refractivity contribution in [3.8, 4) is 5.75 Å². The molecule has 0 aromatic heterocycles. The highest BCUT2D eigenvalue weighted by Gasteiger charge is 2.22. The number of aliphatic hydroxyl groups is 1. The van der Waals surface area contributed by atoms with Crippen LogP contribution in [-0.2, 0) is 12.2 Å². The molecule has 2 nitrogen and oxygen atoms in total. The molecule has 106 valence electrons. The molecule has 2 aromatic carbocycles. The van der Waals surface area contributed by atoms with E-state index in [-0.39, 0.29) is 0 Å². The van der Waals surface area contributed by atoms with Crippen molar-refractivity contribution in [3.05, 3.63) is 63.1 Å². The monoisotopic (exact) mass is 354 g/mol. The van der Waals surface area contributed by atoms with Gasteiger partial charge in [-0.15, -0.1) is 0 Å². The molecule has 0 aliphatic carbocycles. The Bertz CT molecular complexity index is 591. The van der Waals surface area contributed by atoms with Gasteiger partial charge in [-0.3, -0.25) is 0 Å². The van der Waals surface area contributed by atoms with Crippen molar-refractivity contribution in [1.82, 2.24) is 0 Å². The zero-order chi connectivity index (χ0) is 14.8. The molecule has 2 aromatic rings. The first-order chi connectivity index (χ1) is 9.38. The van der Waals surface area contributed by atoms with Crippen LogP contribution in [0.25, 0.3) is 0 Å². The molecule has 4 heteroatoms. The summed E-state index contributed by atoms with van der Waals surface area (Å²) < 4.78 is 6.58. The molecule has 2 rings (SSSR count). The second-order valence-electron chi connectivity index (χ2n) is 5.10. The van der Waals surface area contributed by atoms with Crippen LogP contribution in [0.2, 0.25) is 5.02 Å². The van der Waals surface area contributed by atoms with Crippen molar-refractivity contribution >= 4 is 27.5 Å². The predicted octanol–water partition coefficient (Wildman–Crippen LogP) is 4.91. The summed E-state index contributed by atoms with van der Waals surface area (Å²) in [6.07, 6.45) is 0. The summed E-state index contributed by atoms with van der Waals surface area (Å²) in [7, 11) is 0. The van der Waals surface area contributed by atoms with Crippen molar-refractivity contribution in [1.29, 1.82) is 0 Å². The lowest BCUT2D eigenvalue weighted by Gasteiger charge is -2.22. The highest BCUT2D eigenvalue weighted by atomic mass is 79.9. The van der Waals surface area contributed by atoms with Crippen LogP contribution in [-0.4, -0.2) is 5.11 Å². The zero-order valence-corrected chi connectivity index (χ0v) is 13.7. The van der Waals surface area contributed by atoms with Crippen molar-refractivity contribution < 1.29 is 9.84 Å². The summed E-state index contributed by atoms with van der Waals surface area (Å²) in [6.45, 7) is 3.86. The van der Waals surface area contributed by atoms with Crippen LogP contribution in [0.15, 0.2) is 46.9 Å². The van der Waals surface area contributed by atoms with Crippen molar-refractivity contribution in [2.75, 3.05) is 0 Å². The van der Waals surface area contributed by atoms with E-state index in [0.717, 1.165) is 10.0 Å². The molecular weight excluding hydrogens is 340 g/mol. The third-order valence-electron chi connectivity index (χ3n) is 2.92. The second kappa shape index (κ2) is 6.17. The van der Waals surface area contributed by atoms with Gasteiger partial charge in [-0.1, -0.05) is 41.9 Å². The Morgan fingerprint density at radius 1 is 1.20 bits per heavy atom. The third-order valence-corrected chi connectivity index (χ3v) is 4.12. The quantitative estimate of drug-likeness (QED) is 0.844. The summed E-state index contributed by atoms with van der Waals surface area (Å²) in [5.74, 6) is 0.623. The van der Waals surface area contributed by atoms with Crippen LogP contribution in [0.1, 0.15) is 25.0 Å². The summed E-state index contributed by atoms with van der Waals surface area (Å²) in [5, 5.41) is 10.8. The van der Waals surface area contributed by atoms with Gasteiger partial charge in [-0.25, -0.2) is 0 Å². The SMILES string of the molecule is CC(C)(O)c1cc(Cl)c(Br)cc1OCc1ccccc1. The fraction of sp³-hybridized carbons (Fsp3) is 0.250. The van der Waals surface area contributed by atoms with E-state index in [2.05, 4.69) is 15.9 Å². The number of hydrogen-bond donors (Lipinski definition) is 1. The van der Waals surface area contributed by atoms with E-state index < -0.39 is 5.60 Å². The Kier molecular flexibility index (Phi) is 4.74. The maximum Gasteiger partial charge on any atom is 0.127 e. The molecule has 20 heavy (non-hydrogen) atoms. The van der Waals surface area contributed by atoms with Gasteiger partial charge in [-0.2, -0.15) is 0 Å². The molecule has 0 atom stereocenters. The van der Waals surface area contributed by atoms with E-state index in [0.29, 0.717) is 22.9 Å². The van der Waals surface area contributed by atoms with Gasteiger partial charge in [-0.05, 0) is 47.5 Å². The first-order valence-electron chi connectivity index (χ1n) is 6.26. The molecule has 1 N–H and O–H groups in total. The first-order valence-corrected chi connectivity index (χ1v) is 7.43. The molecule has 0 aliphatic heterocycles. The minimum Gasteiger partial charge on any atom is -0.488 e. The van der Waals surface area contributed by atoms with Crippen molar-refractivity contribution in [2.24, 2.45) is 0 Å². The molecular formula is C16H16BrClO2. The Morgan fingerprint density at radius 3 is 2.45 bits per heavy atom. The van der Waals surface area contributed by atoms with Crippen LogP contribution in [0.4, 0.5) is 0 Å². The number of hydrogen-bond acceptors (Lipinski definition) is 2. The molecule has 0 unspecified atom stereocenters. The Morgan fingerprint density at radius 2 is 1.85 bits per heavy atom. The minimum absolute atomic E-state index is 0.442. The lowest BCUT2D eigenvalue weighted by atomic mass is 9.97. The fourth-order valence-corrected chi connectivity index (χ4v) is 2.35. The number of ether oxygens (including phenoxy) is 1. The van der Waals surface area contributed by atoms with Gasteiger partial charge in [0, 0.05) is 10.0 Å². The maximum absolute atomic E-state index is 10.2. The van der Waals surface area contributed by atoms with E-state index in [1.807, 2.05) is 30.3 Å². The van der Waals surface area contributed by atoms with E-state index in [4.69, 9.17) is 16.3 Å².